The average molecular weight is 423 g/mol. The summed E-state index contributed by atoms with van der Waals surface area (Å²) in [5.41, 5.74) is 5.12. The van der Waals surface area contributed by atoms with E-state index in [1.807, 2.05) is 84.7 Å². The molecular formula is C25H21N5O2. The molecule has 5 rings (SSSR count). The molecule has 0 spiro atoms. The van der Waals surface area contributed by atoms with Crippen LogP contribution in [0, 0.1) is 6.92 Å². The predicted molar refractivity (Wildman–Crippen MR) is 122 cm³/mol. The number of benzene rings is 2. The van der Waals surface area contributed by atoms with Gasteiger partial charge in [-0.15, -0.1) is 0 Å². The van der Waals surface area contributed by atoms with E-state index in [1.165, 1.54) is 0 Å². The topological polar surface area (TPSA) is 85.8 Å². The molecule has 0 aliphatic rings. The van der Waals surface area contributed by atoms with Crippen molar-refractivity contribution in [3.8, 4) is 16.9 Å². The van der Waals surface area contributed by atoms with Crippen molar-refractivity contribution in [2.45, 2.75) is 13.3 Å². The van der Waals surface area contributed by atoms with Gasteiger partial charge in [-0.25, -0.2) is 9.67 Å². The lowest BCUT2D eigenvalue weighted by Gasteiger charge is -2.08. The lowest BCUT2D eigenvalue weighted by Crippen LogP contribution is -2.26. The maximum absolute atomic E-state index is 13.1. The number of nitrogens with zero attached hydrogens (tertiary/aromatic N) is 4. The van der Waals surface area contributed by atoms with Crippen molar-refractivity contribution in [3.63, 3.8) is 0 Å². The molecule has 5 aromatic rings. The van der Waals surface area contributed by atoms with Crippen molar-refractivity contribution in [3.05, 3.63) is 95.9 Å². The van der Waals surface area contributed by atoms with Gasteiger partial charge >= 0.3 is 0 Å². The summed E-state index contributed by atoms with van der Waals surface area (Å²) in [6.07, 6.45) is 4.46. The summed E-state index contributed by atoms with van der Waals surface area (Å²) in [7, 11) is 0. The van der Waals surface area contributed by atoms with Gasteiger partial charge in [-0.3, -0.25) is 4.79 Å². The first kappa shape index (κ1) is 19.7. The maximum atomic E-state index is 13.1. The quantitative estimate of drug-likeness (QED) is 0.439. The SMILES string of the molecule is Cc1noc2nc(-c3ccccc3)cc(C(=O)NCCc3cnn(-c4ccccc4)c3)c12. The van der Waals surface area contributed by atoms with Gasteiger partial charge in [0.15, 0.2) is 0 Å². The summed E-state index contributed by atoms with van der Waals surface area (Å²) in [4.78, 5) is 17.6. The minimum Gasteiger partial charge on any atom is -0.352 e. The second-order valence-electron chi connectivity index (χ2n) is 7.50. The Balaban J connectivity index is 1.34. The number of fused-ring (bicyclic) bond motifs is 1. The molecule has 0 fully saturated rings. The van der Waals surface area contributed by atoms with Gasteiger partial charge in [0.1, 0.15) is 0 Å². The molecule has 1 amide bonds. The van der Waals surface area contributed by atoms with Crippen molar-refractivity contribution in [1.29, 1.82) is 0 Å². The van der Waals surface area contributed by atoms with Gasteiger partial charge in [0.25, 0.3) is 11.6 Å². The minimum atomic E-state index is -0.184. The normalized spacial score (nSPS) is 11.0. The number of carbonyl (C=O) groups is 1. The van der Waals surface area contributed by atoms with E-state index in [0.29, 0.717) is 41.0 Å². The fourth-order valence-corrected chi connectivity index (χ4v) is 3.66. The second kappa shape index (κ2) is 8.47. The molecular weight excluding hydrogens is 402 g/mol. The predicted octanol–water partition coefficient (Wildman–Crippen LogP) is 4.36. The highest BCUT2D eigenvalue weighted by atomic mass is 16.5. The Morgan fingerprint density at radius 3 is 2.59 bits per heavy atom. The number of para-hydroxylation sites is 1. The first-order valence-electron chi connectivity index (χ1n) is 10.4. The third-order valence-electron chi connectivity index (χ3n) is 5.29. The van der Waals surface area contributed by atoms with E-state index in [9.17, 15) is 4.79 Å². The van der Waals surface area contributed by atoms with E-state index in [2.05, 4.69) is 20.6 Å². The molecule has 7 heteroatoms. The van der Waals surface area contributed by atoms with Gasteiger partial charge in [-0.2, -0.15) is 5.10 Å². The smallest absolute Gasteiger partial charge is 0.259 e. The number of rotatable bonds is 6. The van der Waals surface area contributed by atoms with E-state index in [-0.39, 0.29) is 5.91 Å². The lowest BCUT2D eigenvalue weighted by molar-refractivity contribution is 0.0955. The molecule has 32 heavy (non-hydrogen) atoms. The third kappa shape index (κ3) is 3.88. The van der Waals surface area contributed by atoms with E-state index in [1.54, 1.807) is 6.07 Å². The van der Waals surface area contributed by atoms with Crippen LogP contribution < -0.4 is 5.32 Å². The van der Waals surface area contributed by atoms with Crippen LogP contribution in [0.3, 0.4) is 0 Å². The Bertz CT molecular complexity index is 1370. The Kier molecular flexibility index (Phi) is 5.21. The molecule has 158 valence electrons. The zero-order chi connectivity index (χ0) is 21.9. The van der Waals surface area contributed by atoms with Crippen LogP contribution in [0.2, 0.25) is 0 Å². The van der Waals surface area contributed by atoms with Crippen LogP contribution >= 0.6 is 0 Å². The van der Waals surface area contributed by atoms with Crippen LogP contribution in [-0.4, -0.2) is 32.4 Å². The molecule has 0 aliphatic carbocycles. The highest BCUT2D eigenvalue weighted by molar-refractivity contribution is 6.07. The Hall–Kier alpha value is -4.26. The number of carbonyl (C=O) groups excluding carboxylic acids is 1. The molecule has 7 nitrogen and oxygen atoms in total. The molecule has 0 bridgehead atoms. The first-order chi connectivity index (χ1) is 15.7. The largest absolute Gasteiger partial charge is 0.352 e. The molecule has 3 heterocycles. The molecule has 0 atom stereocenters. The van der Waals surface area contributed by atoms with Crippen molar-refractivity contribution in [2.24, 2.45) is 0 Å². The summed E-state index contributed by atoms with van der Waals surface area (Å²) >= 11 is 0. The highest BCUT2D eigenvalue weighted by Crippen LogP contribution is 2.27. The number of amides is 1. The number of pyridine rings is 1. The molecule has 3 aromatic heterocycles. The molecule has 2 aromatic carbocycles. The summed E-state index contributed by atoms with van der Waals surface area (Å²) in [6.45, 7) is 2.29. The lowest BCUT2D eigenvalue weighted by atomic mass is 10.1. The number of aromatic nitrogens is 4. The molecule has 0 radical (unpaired) electrons. The molecule has 0 unspecified atom stereocenters. The monoisotopic (exact) mass is 423 g/mol. The van der Waals surface area contributed by atoms with E-state index in [0.717, 1.165) is 16.8 Å². The zero-order valence-corrected chi connectivity index (χ0v) is 17.5. The van der Waals surface area contributed by atoms with Crippen LogP contribution in [0.25, 0.3) is 28.0 Å². The van der Waals surface area contributed by atoms with Gasteiger partial charge in [-0.1, -0.05) is 53.7 Å². The van der Waals surface area contributed by atoms with E-state index < -0.39 is 0 Å². The summed E-state index contributed by atoms with van der Waals surface area (Å²) in [5, 5.41) is 12.1. The van der Waals surface area contributed by atoms with Gasteiger partial charge in [0.05, 0.1) is 34.2 Å². The maximum Gasteiger partial charge on any atom is 0.259 e. The Morgan fingerprint density at radius 1 is 1.06 bits per heavy atom. The van der Waals surface area contributed by atoms with E-state index >= 15 is 0 Å². The zero-order valence-electron chi connectivity index (χ0n) is 17.5. The Morgan fingerprint density at radius 2 is 1.81 bits per heavy atom. The fraction of sp³-hybridized carbons (Fsp3) is 0.120. The number of nitrogens with one attached hydrogen (secondary N) is 1. The van der Waals surface area contributed by atoms with Crippen molar-refractivity contribution in [1.82, 2.24) is 25.2 Å². The van der Waals surface area contributed by atoms with Crippen molar-refractivity contribution >= 4 is 17.0 Å². The summed E-state index contributed by atoms with van der Waals surface area (Å²) in [6, 6.07) is 21.4. The van der Waals surface area contributed by atoms with Gasteiger partial charge < -0.3 is 9.84 Å². The van der Waals surface area contributed by atoms with Crippen LogP contribution in [0.5, 0.6) is 0 Å². The summed E-state index contributed by atoms with van der Waals surface area (Å²) in [5.74, 6) is -0.184. The molecule has 0 saturated heterocycles. The number of hydrogen-bond donors (Lipinski definition) is 1. The van der Waals surface area contributed by atoms with Gasteiger partial charge in [0, 0.05) is 18.3 Å². The van der Waals surface area contributed by atoms with Gasteiger partial charge in [-0.05, 0) is 37.1 Å². The molecule has 1 N–H and O–H groups in total. The standard InChI is InChI=1S/C25H21N5O2/c1-17-23-21(14-22(28-25(23)32-29-17)19-8-4-2-5-9-19)24(31)26-13-12-18-15-27-30(16-18)20-10-6-3-7-11-20/h2-11,14-16H,12-13H2,1H3,(H,26,31). The van der Waals surface area contributed by atoms with Crippen LogP contribution in [0.15, 0.2) is 83.6 Å². The van der Waals surface area contributed by atoms with Crippen LogP contribution in [0.1, 0.15) is 21.6 Å². The fourth-order valence-electron chi connectivity index (χ4n) is 3.66. The third-order valence-corrected chi connectivity index (χ3v) is 5.29. The van der Waals surface area contributed by atoms with E-state index in [4.69, 9.17) is 4.52 Å². The van der Waals surface area contributed by atoms with Crippen LogP contribution in [-0.2, 0) is 6.42 Å². The number of hydrogen-bond acceptors (Lipinski definition) is 5. The van der Waals surface area contributed by atoms with Gasteiger partial charge in [0.2, 0.25) is 0 Å². The van der Waals surface area contributed by atoms with Crippen LogP contribution in [0.4, 0.5) is 0 Å². The average Bonchev–Trinajstić information content (AvgIpc) is 3.46. The minimum absolute atomic E-state index is 0.184. The Labute approximate surface area is 184 Å². The first-order valence-corrected chi connectivity index (χ1v) is 10.4. The van der Waals surface area contributed by atoms with Crippen molar-refractivity contribution < 1.29 is 9.32 Å². The number of aryl methyl sites for hydroxylation is 1. The van der Waals surface area contributed by atoms with Crippen molar-refractivity contribution in [2.75, 3.05) is 6.54 Å². The molecule has 0 aliphatic heterocycles. The summed E-state index contributed by atoms with van der Waals surface area (Å²) < 4.78 is 7.20. The second-order valence-corrected chi connectivity index (χ2v) is 7.50. The molecule has 0 saturated carbocycles. The highest BCUT2D eigenvalue weighted by Gasteiger charge is 2.19.